The number of ether oxygens (including phenoxy) is 2. The number of hydrogen-bond acceptors (Lipinski definition) is 4. The minimum absolute atomic E-state index is 0.0608. The fourth-order valence-electron chi connectivity index (χ4n) is 2.52. The molecule has 1 rings (SSSR count). The van der Waals surface area contributed by atoms with Crippen LogP contribution in [0.25, 0.3) is 0 Å². The van der Waals surface area contributed by atoms with E-state index in [4.69, 9.17) is 9.47 Å². The maximum Gasteiger partial charge on any atom is 0.325 e. The molecular formula is C14H27NO3. The molecular weight excluding hydrogens is 230 g/mol. The van der Waals surface area contributed by atoms with E-state index < -0.39 is 5.54 Å². The number of rotatable bonds is 7. The van der Waals surface area contributed by atoms with E-state index in [-0.39, 0.29) is 18.1 Å². The Labute approximate surface area is 110 Å². The summed E-state index contributed by atoms with van der Waals surface area (Å²) in [5.74, 6) is -0.222. The number of hydrogen-bond donors (Lipinski definition) is 1. The summed E-state index contributed by atoms with van der Waals surface area (Å²) in [6.45, 7) is 7.97. The normalized spacial score (nSPS) is 21.2. The van der Waals surface area contributed by atoms with Gasteiger partial charge in [0.15, 0.2) is 0 Å². The Balaban J connectivity index is 2.55. The molecule has 4 heteroatoms. The van der Waals surface area contributed by atoms with Crippen LogP contribution in [0.1, 0.15) is 53.4 Å². The number of esters is 1. The van der Waals surface area contributed by atoms with E-state index in [2.05, 4.69) is 5.32 Å². The van der Waals surface area contributed by atoms with Gasteiger partial charge in [-0.2, -0.15) is 0 Å². The van der Waals surface area contributed by atoms with Crippen molar-refractivity contribution in [2.24, 2.45) is 0 Å². The van der Waals surface area contributed by atoms with Gasteiger partial charge in [0.1, 0.15) is 5.54 Å². The Morgan fingerprint density at radius 3 is 2.39 bits per heavy atom. The van der Waals surface area contributed by atoms with E-state index in [1.54, 1.807) is 0 Å². The van der Waals surface area contributed by atoms with E-state index in [1.165, 1.54) is 13.5 Å². The third-order valence-electron chi connectivity index (χ3n) is 3.42. The van der Waals surface area contributed by atoms with Crippen LogP contribution in [0.4, 0.5) is 0 Å². The van der Waals surface area contributed by atoms with E-state index in [9.17, 15) is 4.79 Å². The molecule has 0 aromatic rings. The number of carbonyl (C=O) groups is 1. The molecule has 106 valence electrons. The fraction of sp³-hybridized carbons (Fsp3) is 0.929. The summed E-state index contributed by atoms with van der Waals surface area (Å²) in [5.41, 5.74) is -0.675. The summed E-state index contributed by atoms with van der Waals surface area (Å²) in [5, 5.41) is 3.29. The second-order valence-electron chi connectivity index (χ2n) is 5.83. The van der Waals surface area contributed by atoms with Gasteiger partial charge in [0.25, 0.3) is 0 Å². The van der Waals surface area contributed by atoms with Crippen molar-refractivity contribution in [2.75, 3.05) is 7.11 Å². The van der Waals surface area contributed by atoms with E-state index >= 15 is 0 Å². The van der Waals surface area contributed by atoms with Gasteiger partial charge in [-0.05, 0) is 47.0 Å². The van der Waals surface area contributed by atoms with Crippen molar-refractivity contribution < 1.29 is 14.3 Å². The Morgan fingerprint density at radius 1 is 1.39 bits per heavy atom. The maximum atomic E-state index is 11.9. The monoisotopic (exact) mass is 257 g/mol. The topological polar surface area (TPSA) is 47.6 Å². The van der Waals surface area contributed by atoms with Gasteiger partial charge in [-0.3, -0.25) is 10.1 Å². The molecule has 4 nitrogen and oxygen atoms in total. The fourth-order valence-corrected chi connectivity index (χ4v) is 2.52. The largest absolute Gasteiger partial charge is 0.468 e. The second kappa shape index (κ2) is 6.53. The first-order valence-corrected chi connectivity index (χ1v) is 6.89. The van der Waals surface area contributed by atoms with Gasteiger partial charge in [-0.1, -0.05) is 0 Å². The maximum absolute atomic E-state index is 11.9. The smallest absolute Gasteiger partial charge is 0.325 e. The van der Waals surface area contributed by atoms with Gasteiger partial charge < -0.3 is 9.47 Å². The highest BCUT2D eigenvalue weighted by molar-refractivity contribution is 5.80. The standard InChI is InChI=1S/C14H27NO3/c1-10(2)15-14(4,13(16)17-5)9-11(3)18-12-7-6-8-12/h10-12,15H,6-9H2,1-5H3. The minimum Gasteiger partial charge on any atom is -0.468 e. The van der Waals surface area contributed by atoms with Crippen LogP contribution in [0.2, 0.25) is 0 Å². The lowest BCUT2D eigenvalue weighted by Crippen LogP contribution is -2.54. The van der Waals surface area contributed by atoms with Crippen molar-refractivity contribution in [3.63, 3.8) is 0 Å². The zero-order valence-electron chi connectivity index (χ0n) is 12.3. The molecule has 1 saturated carbocycles. The number of carbonyl (C=O) groups excluding carboxylic acids is 1. The Morgan fingerprint density at radius 2 is 2.00 bits per heavy atom. The minimum atomic E-state index is -0.675. The summed E-state index contributed by atoms with van der Waals surface area (Å²) < 4.78 is 10.8. The summed E-state index contributed by atoms with van der Waals surface area (Å²) in [6, 6.07) is 0.227. The number of nitrogens with one attached hydrogen (secondary N) is 1. The van der Waals surface area contributed by atoms with Gasteiger partial charge in [0.2, 0.25) is 0 Å². The summed E-state index contributed by atoms with van der Waals surface area (Å²) in [6.07, 6.45) is 4.64. The predicted octanol–water partition coefficient (Wildman–Crippen LogP) is 2.26. The molecule has 0 spiro atoms. The molecule has 0 aromatic carbocycles. The van der Waals surface area contributed by atoms with Crippen molar-refractivity contribution in [2.45, 2.75) is 77.2 Å². The first kappa shape index (κ1) is 15.4. The third kappa shape index (κ3) is 4.25. The molecule has 2 unspecified atom stereocenters. The molecule has 0 aromatic heterocycles. The zero-order chi connectivity index (χ0) is 13.8. The molecule has 1 fully saturated rings. The molecule has 2 atom stereocenters. The highest BCUT2D eigenvalue weighted by Crippen LogP contribution is 2.26. The Kier molecular flexibility index (Phi) is 5.60. The van der Waals surface area contributed by atoms with Crippen molar-refractivity contribution >= 4 is 5.97 Å². The molecule has 0 bridgehead atoms. The molecule has 18 heavy (non-hydrogen) atoms. The average Bonchev–Trinajstić information content (AvgIpc) is 2.21. The lowest BCUT2D eigenvalue weighted by Gasteiger charge is -2.35. The molecule has 1 N–H and O–H groups in total. The number of methoxy groups -OCH3 is 1. The van der Waals surface area contributed by atoms with Crippen LogP contribution >= 0.6 is 0 Å². The lowest BCUT2D eigenvalue weighted by atomic mass is 9.92. The van der Waals surface area contributed by atoms with Crippen LogP contribution in [0.3, 0.4) is 0 Å². The van der Waals surface area contributed by atoms with Gasteiger partial charge in [0.05, 0.1) is 19.3 Å². The van der Waals surface area contributed by atoms with Crippen LogP contribution in [0, 0.1) is 0 Å². The first-order chi connectivity index (χ1) is 8.37. The average molecular weight is 257 g/mol. The first-order valence-electron chi connectivity index (χ1n) is 6.89. The molecule has 0 radical (unpaired) electrons. The Bertz CT molecular complexity index is 276. The van der Waals surface area contributed by atoms with Crippen molar-refractivity contribution in [3.05, 3.63) is 0 Å². The van der Waals surface area contributed by atoms with E-state index in [0.29, 0.717) is 12.5 Å². The van der Waals surface area contributed by atoms with E-state index in [1.807, 2.05) is 27.7 Å². The zero-order valence-corrected chi connectivity index (χ0v) is 12.3. The molecule has 0 saturated heterocycles. The highest BCUT2D eigenvalue weighted by atomic mass is 16.5. The quantitative estimate of drug-likeness (QED) is 0.711. The van der Waals surface area contributed by atoms with Crippen LogP contribution in [-0.2, 0) is 14.3 Å². The molecule has 1 aliphatic rings. The van der Waals surface area contributed by atoms with Gasteiger partial charge >= 0.3 is 5.97 Å². The van der Waals surface area contributed by atoms with Gasteiger partial charge in [-0.15, -0.1) is 0 Å². The van der Waals surface area contributed by atoms with E-state index in [0.717, 1.165) is 12.8 Å². The summed E-state index contributed by atoms with van der Waals surface area (Å²) >= 11 is 0. The van der Waals surface area contributed by atoms with Crippen molar-refractivity contribution in [1.82, 2.24) is 5.32 Å². The van der Waals surface area contributed by atoms with Crippen LogP contribution < -0.4 is 5.32 Å². The summed E-state index contributed by atoms with van der Waals surface area (Å²) in [7, 11) is 1.43. The predicted molar refractivity (Wildman–Crippen MR) is 71.5 cm³/mol. The Hall–Kier alpha value is -0.610. The molecule has 0 amide bonds. The second-order valence-corrected chi connectivity index (χ2v) is 5.83. The SMILES string of the molecule is COC(=O)C(C)(CC(C)OC1CCC1)NC(C)C. The summed E-state index contributed by atoms with van der Waals surface area (Å²) in [4.78, 5) is 11.9. The molecule has 0 aliphatic heterocycles. The van der Waals surface area contributed by atoms with Crippen molar-refractivity contribution in [1.29, 1.82) is 0 Å². The van der Waals surface area contributed by atoms with Crippen LogP contribution in [-0.4, -0.2) is 36.9 Å². The van der Waals surface area contributed by atoms with Gasteiger partial charge in [0, 0.05) is 12.5 Å². The third-order valence-corrected chi connectivity index (χ3v) is 3.42. The van der Waals surface area contributed by atoms with Gasteiger partial charge in [-0.25, -0.2) is 0 Å². The lowest BCUT2D eigenvalue weighted by molar-refractivity contribution is -0.151. The molecule has 0 heterocycles. The van der Waals surface area contributed by atoms with Crippen LogP contribution in [0.5, 0.6) is 0 Å². The van der Waals surface area contributed by atoms with Crippen LogP contribution in [0.15, 0.2) is 0 Å². The molecule has 1 aliphatic carbocycles. The highest BCUT2D eigenvalue weighted by Gasteiger charge is 2.37. The van der Waals surface area contributed by atoms with Crippen molar-refractivity contribution in [3.8, 4) is 0 Å².